The van der Waals surface area contributed by atoms with Crippen LogP contribution < -0.4 is 14.8 Å². The third kappa shape index (κ3) is 4.48. The lowest BCUT2D eigenvalue weighted by atomic mass is 10.2. The monoisotopic (exact) mass is 456 g/mol. The van der Waals surface area contributed by atoms with E-state index in [0.29, 0.717) is 22.9 Å². The number of nitrogens with one attached hydrogen (secondary N) is 1. The molecule has 2 aromatic carbocycles. The first kappa shape index (κ1) is 18.8. The van der Waals surface area contributed by atoms with E-state index in [-0.39, 0.29) is 12.7 Å². The molecule has 7 heteroatoms. The van der Waals surface area contributed by atoms with Crippen LogP contribution in [-0.4, -0.2) is 17.7 Å². The molecule has 0 unspecified atom stereocenters. The van der Waals surface area contributed by atoms with Crippen molar-refractivity contribution in [1.82, 2.24) is 10.3 Å². The standard InChI is InChI=1S/C21H17BrN2O3S/c22-16-4-1-3-15(9-16)12-28-21-17(5-2-8-23-21)20(25)24-11-14-6-7-18-19(10-14)27-13-26-18/h1-10H,11-13H2,(H,24,25). The number of fused-ring (bicyclic) bond motifs is 1. The molecule has 1 aliphatic heterocycles. The molecule has 0 atom stereocenters. The van der Waals surface area contributed by atoms with Crippen molar-refractivity contribution in [3.8, 4) is 11.5 Å². The third-order valence-electron chi connectivity index (χ3n) is 4.17. The van der Waals surface area contributed by atoms with Crippen molar-refractivity contribution in [2.24, 2.45) is 0 Å². The van der Waals surface area contributed by atoms with Gasteiger partial charge in [-0.3, -0.25) is 4.79 Å². The zero-order valence-electron chi connectivity index (χ0n) is 14.9. The van der Waals surface area contributed by atoms with Crippen molar-refractivity contribution in [2.75, 3.05) is 6.79 Å². The van der Waals surface area contributed by atoms with E-state index >= 15 is 0 Å². The van der Waals surface area contributed by atoms with Crippen molar-refractivity contribution in [3.05, 3.63) is 82.0 Å². The smallest absolute Gasteiger partial charge is 0.254 e. The Morgan fingerprint density at radius 3 is 2.86 bits per heavy atom. The highest BCUT2D eigenvalue weighted by molar-refractivity contribution is 9.10. The Bertz CT molecular complexity index is 1010. The minimum Gasteiger partial charge on any atom is -0.454 e. The molecule has 4 rings (SSSR count). The normalized spacial score (nSPS) is 12.0. The minimum absolute atomic E-state index is 0.150. The lowest BCUT2D eigenvalue weighted by Crippen LogP contribution is -2.23. The summed E-state index contributed by atoms with van der Waals surface area (Å²) in [6, 6.07) is 17.3. The Labute approximate surface area is 175 Å². The molecule has 3 aromatic rings. The fourth-order valence-corrected chi connectivity index (χ4v) is 4.17. The molecule has 0 bridgehead atoms. The largest absolute Gasteiger partial charge is 0.454 e. The summed E-state index contributed by atoms with van der Waals surface area (Å²) < 4.78 is 11.7. The van der Waals surface area contributed by atoms with Gasteiger partial charge < -0.3 is 14.8 Å². The Balaban J connectivity index is 1.41. The fraction of sp³-hybridized carbons (Fsp3) is 0.143. The quantitative estimate of drug-likeness (QED) is 0.540. The van der Waals surface area contributed by atoms with Crippen LogP contribution in [0, 0.1) is 0 Å². The Morgan fingerprint density at radius 1 is 1.07 bits per heavy atom. The molecule has 142 valence electrons. The Morgan fingerprint density at radius 2 is 1.96 bits per heavy atom. The molecule has 1 aromatic heterocycles. The number of hydrogen-bond donors (Lipinski definition) is 1. The van der Waals surface area contributed by atoms with E-state index < -0.39 is 0 Å². The van der Waals surface area contributed by atoms with Crippen LogP contribution in [0.1, 0.15) is 21.5 Å². The van der Waals surface area contributed by atoms with Crippen molar-refractivity contribution < 1.29 is 14.3 Å². The first-order valence-electron chi connectivity index (χ1n) is 8.68. The number of carbonyl (C=O) groups is 1. The first-order chi connectivity index (χ1) is 13.7. The fourth-order valence-electron chi connectivity index (χ4n) is 2.79. The van der Waals surface area contributed by atoms with E-state index in [9.17, 15) is 4.79 Å². The number of pyridine rings is 1. The predicted molar refractivity (Wildman–Crippen MR) is 112 cm³/mol. The lowest BCUT2D eigenvalue weighted by molar-refractivity contribution is 0.0947. The van der Waals surface area contributed by atoms with E-state index in [1.165, 1.54) is 0 Å². The van der Waals surface area contributed by atoms with Gasteiger partial charge in [-0.2, -0.15) is 0 Å². The maximum absolute atomic E-state index is 12.7. The lowest BCUT2D eigenvalue weighted by Gasteiger charge is -2.10. The summed E-state index contributed by atoms with van der Waals surface area (Å²) in [6.45, 7) is 0.638. The average Bonchev–Trinajstić information content (AvgIpc) is 3.18. The van der Waals surface area contributed by atoms with Gasteiger partial charge in [-0.05, 0) is 47.5 Å². The topological polar surface area (TPSA) is 60.5 Å². The molecule has 1 aliphatic rings. The molecule has 2 heterocycles. The highest BCUT2D eigenvalue weighted by Gasteiger charge is 2.15. The summed E-state index contributed by atoms with van der Waals surface area (Å²) in [6.07, 6.45) is 1.71. The third-order valence-corrected chi connectivity index (χ3v) is 5.74. The minimum atomic E-state index is -0.150. The maximum Gasteiger partial charge on any atom is 0.254 e. The van der Waals surface area contributed by atoms with Gasteiger partial charge in [0.25, 0.3) is 5.91 Å². The van der Waals surface area contributed by atoms with Crippen molar-refractivity contribution in [2.45, 2.75) is 17.3 Å². The highest BCUT2D eigenvalue weighted by atomic mass is 79.9. The van der Waals surface area contributed by atoms with Gasteiger partial charge >= 0.3 is 0 Å². The number of aromatic nitrogens is 1. The number of ether oxygens (including phenoxy) is 2. The molecule has 5 nitrogen and oxygen atoms in total. The number of thioether (sulfide) groups is 1. The second-order valence-electron chi connectivity index (χ2n) is 6.15. The van der Waals surface area contributed by atoms with Gasteiger partial charge in [-0.1, -0.05) is 34.1 Å². The van der Waals surface area contributed by atoms with E-state index in [4.69, 9.17) is 9.47 Å². The van der Waals surface area contributed by atoms with Crippen LogP contribution in [0.4, 0.5) is 0 Å². The highest BCUT2D eigenvalue weighted by Crippen LogP contribution is 2.32. The van der Waals surface area contributed by atoms with Gasteiger partial charge in [0.15, 0.2) is 11.5 Å². The summed E-state index contributed by atoms with van der Waals surface area (Å²) in [4.78, 5) is 17.1. The number of halogens is 1. The van der Waals surface area contributed by atoms with Crippen LogP contribution in [0.15, 0.2) is 70.3 Å². The number of nitrogens with zero attached hydrogens (tertiary/aromatic N) is 1. The number of carbonyl (C=O) groups excluding carboxylic acids is 1. The van der Waals surface area contributed by atoms with Crippen LogP contribution in [0.5, 0.6) is 11.5 Å². The molecule has 1 amide bonds. The van der Waals surface area contributed by atoms with Crippen LogP contribution in [0.2, 0.25) is 0 Å². The van der Waals surface area contributed by atoms with Gasteiger partial charge in [0, 0.05) is 23.0 Å². The van der Waals surface area contributed by atoms with Gasteiger partial charge in [0.05, 0.1) is 5.56 Å². The Hall–Kier alpha value is -2.51. The molecule has 0 fully saturated rings. The number of amides is 1. The summed E-state index contributed by atoms with van der Waals surface area (Å²) in [5, 5.41) is 3.67. The molecule has 0 radical (unpaired) electrons. The molecular weight excluding hydrogens is 440 g/mol. The molecule has 0 saturated carbocycles. The Kier molecular flexibility index (Phi) is 5.83. The molecule has 1 N–H and O–H groups in total. The van der Waals surface area contributed by atoms with Gasteiger partial charge in [-0.15, -0.1) is 11.8 Å². The number of hydrogen-bond acceptors (Lipinski definition) is 5. The van der Waals surface area contributed by atoms with E-state index in [0.717, 1.165) is 27.1 Å². The summed E-state index contributed by atoms with van der Waals surface area (Å²) in [5.41, 5.74) is 2.69. The zero-order valence-corrected chi connectivity index (χ0v) is 17.3. The summed E-state index contributed by atoms with van der Waals surface area (Å²) in [5.74, 6) is 2.02. The van der Waals surface area contributed by atoms with Gasteiger partial charge in [0.2, 0.25) is 6.79 Å². The molecule has 28 heavy (non-hydrogen) atoms. The first-order valence-corrected chi connectivity index (χ1v) is 10.5. The second-order valence-corrected chi connectivity index (χ2v) is 8.02. The van der Waals surface area contributed by atoms with Crippen LogP contribution in [0.25, 0.3) is 0 Å². The summed E-state index contributed by atoms with van der Waals surface area (Å²) >= 11 is 5.03. The average molecular weight is 457 g/mol. The van der Waals surface area contributed by atoms with Crippen molar-refractivity contribution in [1.29, 1.82) is 0 Å². The molecular formula is C21H17BrN2O3S. The molecule has 0 spiro atoms. The van der Waals surface area contributed by atoms with Crippen molar-refractivity contribution >= 4 is 33.6 Å². The van der Waals surface area contributed by atoms with Crippen LogP contribution >= 0.6 is 27.7 Å². The van der Waals surface area contributed by atoms with E-state index in [1.54, 1.807) is 30.1 Å². The van der Waals surface area contributed by atoms with E-state index in [2.05, 4.69) is 38.4 Å². The number of benzene rings is 2. The zero-order chi connectivity index (χ0) is 19.3. The number of rotatable bonds is 6. The second kappa shape index (κ2) is 8.67. The predicted octanol–water partition coefficient (Wildman–Crippen LogP) is 4.80. The van der Waals surface area contributed by atoms with Gasteiger partial charge in [0.1, 0.15) is 5.03 Å². The van der Waals surface area contributed by atoms with Crippen molar-refractivity contribution in [3.63, 3.8) is 0 Å². The summed E-state index contributed by atoms with van der Waals surface area (Å²) in [7, 11) is 0. The molecule has 0 aliphatic carbocycles. The molecule has 0 saturated heterocycles. The van der Waals surface area contributed by atoms with Crippen LogP contribution in [0.3, 0.4) is 0 Å². The van der Waals surface area contributed by atoms with Crippen LogP contribution in [-0.2, 0) is 12.3 Å². The van der Waals surface area contributed by atoms with E-state index in [1.807, 2.05) is 30.3 Å². The SMILES string of the molecule is O=C(NCc1ccc2c(c1)OCO2)c1cccnc1SCc1cccc(Br)c1. The van der Waals surface area contributed by atoms with Gasteiger partial charge in [-0.25, -0.2) is 4.98 Å². The maximum atomic E-state index is 12.7.